The number of benzene rings is 2. The van der Waals surface area contributed by atoms with Crippen molar-refractivity contribution in [3.8, 4) is 0 Å². The molecule has 0 saturated carbocycles. The Morgan fingerprint density at radius 2 is 1.77 bits per heavy atom. The largest absolute Gasteiger partial charge is 0.418 e. The third-order valence-electron chi connectivity index (χ3n) is 4.39. The molecular formula is C20H19F3N4OS2. The minimum absolute atomic E-state index is 0.267. The Bertz CT molecular complexity index is 1050. The molecule has 0 aliphatic rings. The normalized spacial score (nSPS) is 12.5. The zero-order chi connectivity index (χ0) is 21.9. The number of carbonyl (C=O) groups is 1. The van der Waals surface area contributed by atoms with Gasteiger partial charge in [0.05, 0.1) is 16.5 Å². The van der Waals surface area contributed by atoms with E-state index >= 15 is 0 Å². The Morgan fingerprint density at radius 1 is 1.07 bits per heavy atom. The smallest absolute Gasteiger partial charge is 0.330 e. The van der Waals surface area contributed by atoms with Gasteiger partial charge in [0, 0.05) is 5.69 Å². The highest BCUT2D eigenvalue weighted by atomic mass is 32.2. The topological polar surface area (TPSA) is 66.9 Å². The van der Waals surface area contributed by atoms with E-state index in [1.54, 1.807) is 6.92 Å². The van der Waals surface area contributed by atoms with Gasteiger partial charge in [0.25, 0.3) is 0 Å². The van der Waals surface area contributed by atoms with Crippen LogP contribution in [0.4, 0.5) is 29.7 Å². The molecule has 10 heteroatoms. The maximum atomic E-state index is 13.1. The Hall–Kier alpha value is -2.59. The van der Waals surface area contributed by atoms with Crippen molar-refractivity contribution < 1.29 is 18.0 Å². The summed E-state index contributed by atoms with van der Waals surface area (Å²) in [7, 11) is 0. The molecule has 0 radical (unpaired) electrons. The zero-order valence-electron chi connectivity index (χ0n) is 16.4. The van der Waals surface area contributed by atoms with E-state index in [1.165, 1.54) is 29.5 Å². The van der Waals surface area contributed by atoms with Crippen molar-refractivity contribution in [1.29, 1.82) is 0 Å². The summed E-state index contributed by atoms with van der Waals surface area (Å²) in [6.45, 7) is 5.62. The standard InChI is InChI=1S/C20H19F3N4OS2/c1-11-7-6-10-15(12(11)2)25-18-26-27-19(30-18)29-13(3)17(28)24-16-9-5-4-8-14(16)20(21,22)23/h4-10,13H,1-3H3,(H,24,28)(H,25,26)/t13-/m0/s1. The van der Waals surface area contributed by atoms with Crippen LogP contribution in [-0.2, 0) is 11.0 Å². The van der Waals surface area contributed by atoms with Crippen LogP contribution < -0.4 is 10.6 Å². The van der Waals surface area contributed by atoms with Crippen LogP contribution in [0.25, 0.3) is 0 Å². The molecule has 0 unspecified atom stereocenters. The van der Waals surface area contributed by atoms with Crippen molar-refractivity contribution in [3.05, 3.63) is 59.2 Å². The zero-order valence-corrected chi connectivity index (χ0v) is 18.0. The van der Waals surface area contributed by atoms with Gasteiger partial charge in [0.1, 0.15) is 0 Å². The molecule has 0 aliphatic carbocycles. The number of anilines is 3. The van der Waals surface area contributed by atoms with Gasteiger partial charge in [-0.05, 0) is 50.1 Å². The summed E-state index contributed by atoms with van der Waals surface area (Å²) in [4.78, 5) is 12.4. The lowest BCUT2D eigenvalue weighted by Crippen LogP contribution is -2.24. The Morgan fingerprint density at radius 3 is 2.50 bits per heavy atom. The number of para-hydroxylation sites is 1. The summed E-state index contributed by atoms with van der Waals surface area (Å²) in [5, 5.41) is 13.6. The molecule has 158 valence electrons. The first-order chi connectivity index (χ1) is 14.1. The fourth-order valence-electron chi connectivity index (χ4n) is 2.59. The highest BCUT2D eigenvalue weighted by Gasteiger charge is 2.34. The molecule has 0 spiro atoms. The van der Waals surface area contributed by atoms with Crippen LogP contribution in [0.2, 0.25) is 0 Å². The molecule has 0 bridgehead atoms. The van der Waals surface area contributed by atoms with Crippen molar-refractivity contribution in [1.82, 2.24) is 10.2 Å². The molecule has 5 nitrogen and oxygen atoms in total. The highest BCUT2D eigenvalue weighted by molar-refractivity contribution is 8.02. The number of amides is 1. The van der Waals surface area contributed by atoms with E-state index in [2.05, 4.69) is 20.8 Å². The number of rotatable bonds is 6. The summed E-state index contributed by atoms with van der Waals surface area (Å²) in [6, 6.07) is 10.8. The number of hydrogen-bond donors (Lipinski definition) is 2. The first-order valence-electron chi connectivity index (χ1n) is 8.95. The van der Waals surface area contributed by atoms with E-state index in [0.717, 1.165) is 34.6 Å². The maximum absolute atomic E-state index is 13.1. The highest BCUT2D eigenvalue weighted by Crippen LogP contribution is 2.36. The molecule has 3 rings (SSSR count). The number of thioether (sulfide) groups is 1. The molecule has 30 heavy (non-hydrogen) atoms. The van der Waals surface area contributed by atoms with Gasteiger partial charge >= 0.3 is 6.18 Å². The van der Waals surface area contributed by atoms with Gasteiger partial charge in [-0.1, -0.05) is 47.4 Å². The average molecular weight is 453 g/mol. The monoisotopic (exact) mass is 452 g/mol. The second-order valence-corrected chi connectivity index (χ2v) is 9.10. The minimum Gasteiger partial charge on any atom is -0.330 e. The number of halogens is 3. The van der Waals surface area contributed by atoms with Crippen LogP contribution in [-0.4, -0.2) is 21.4 Å². The van der Waals surface area contributed by atoms with E-state index in [4.69, 9.17) is 0 Å². The third kappa shape index (κ3) is 5.31. The Labute approximate surface area is 180 Å². The quantitative estimate of drug-likeness (QED) is 0.447. The predicted octanol–water partition coefficient (Wildman–Crippen LogP) is 6.04. The lowest BCUT2D eigenvalue weighted by molar-refractivity contribution is -0.137. The fraction of sp³-hybridized carbons (Fsp3) is 0.250. The molecule has 1 amide bonds. The van der Waals surface area contributed by atoms with Crippen LogP contribution in [0, 0.1) is 13.8 Å². The summed E-state index contributed by atoms with van der Waals surface area (Å²) in [6.07, 6.45) is -4.55. The van der Waals surface area contributed by atoms with Gasteiger partial charge in [-0.2, -0.15) is 13.2 Å². The summed E-state index contributed by atoms with van der Waals surface area (Å²) >= 11 is 2.41. The number of hydrogen-bond acceptors (Lipinski definition) is 6. The van der Waals surface area contributed by atoms with Gasteiger partial charge in [0.15, 0.2) is 4.34 Å². The van der Waals surface area contributed by atoms with Crippen LogP contribution in [0.5, 0.6) is 0 Å². The van der Waals surface area contributed by atoms with E-state index in [0.29, 0.717) is 9.47 Å². The van der Waals surface area contributed by atoms with E-state index in [1.807, 2.05) is 32.0 Å². The lowest BCUT2D eigenvalue weighted by Gasteiger charge is -2.15. The van der Waals surface area contributed by atoms with Gasteiger partial charge < -0.3 is 10.6 Å². The maximum Gasteiger partial charge on any atom is 0.418 e. The predicted molar refractivity (Wildman–Crippen MR) is 115 cm³/mol. The minimum atomic E-state index is -4.55. The number of aryl methyl sites for hydroxylation is 1. The molecule has 2 N–H and O–H groups in total. The van der Waals surface area contributed by atoms with E-state index in [-0.39, 0.29) is 5.69 Å². The summed E-state index contributed by atoms with van der Waals surface area (Å²) in [5.74, 6) is -0.545. The van der Waals surface area contributed by atoms with Gasteiger partial charge in [0.2, 0.25) is 11.0 Å². The number of nitrogens with zero attached hydrogens (tertiary/aromatic N) is 2. The van der Waals surface area contributed by atoms with Crippen LogP contribution >= 0.6 is 23.1 Å². The number of aromatic nitrogens is 2. The Balaban J connectivity index is 1.65. The van der Waals surface area contributed by atoms with Crippen molar-refractivity contribution in [3.63, 3.8) is 0 Å². The SMILES string of the molecule is Cc1cccc(Nc2nnc(S[C@@H](C)C(=O)Nc3ccccc3C(F)(F)F)s2)c1C. The molecule has 1 aromatic heterocycles. The van der Waals surface area contributed by atoms with Crippen molar-refractivity contribution in [2.45, 2.75) is 36.5 Å². The number of nitrogens with one attached hydrogen (secondary N) is 2. The Kier molecular flexibility index (Phi) is 6.67. The molecule has 2 aromatic carbocycles. The van der Waals surface area contributed by atoms with Crippen LogP contribution in [0.3, 0.4) is 0 Å². The first-order valence-corrected chi connectivity index (χ1v) is 10.6. The third-order valence-corrected chi connectivity index (χ3v) is 6.41. The molecular weight excluding hydrogens is 433 g/mol. The summed E-state index contributed by atoms with van der Waals surface area (Å²) < 4.78 is 39.8. The molecule has 1 heterocycles. The van der Waals surface area contributed by atoms with Crippen molar-refractivity contribution in [2.75, 3.05) is 10.6 Å². The van der Waals surface area contributed by atoms with Crippen LogP contribution in [0.1, 0.15) is 23.6 Å². The van der Waals surface area contributed by atoms with E-state index in [9.17, 15) is 18.0 Å². The number of alkyl halides is 3. The first kappa shape index (κ1) is 22.1. The number of carbonyl (C=O) groups excluding carboxylic acids is 1. The average Bonchev–Trinajstić information content (AvgIpc) is 3.12. The molecule has 0 saturated heterocycles. The van der Waals surface area contributed by atoms with Gasteiger partial charge in [-0.25, -0.2) is 0 Å². The molecule has 0 fully saturated rings. The van der Waals surface area contributed by atoms with Crippen molar-refractivity contribution in [2.24, 2.45) is 0 Å². The fourth-order valence-corrected chi connectivity index (χ4v) is 4.50. The molecule has 0 aliphatic heterocycles. The van der Waals surface area contributed by atoms with Crippen molar-refractivity contribution >= 4 is 45.5 Å². The summed E-state index contributed by atoms with van der Waals surface area (Å²) in [5.41, 5.74) is 2.00. The van der Waals surface area contributed by atoms with E-state index < -0.39 is 22.9 Å². The second kappa shape index (κ2) is 9.05. The molecule has 1 atom stereocenters. The second-order valence-electron chi connectivity index (χ2n) is 6.54. The lowest BCUT2D eigenvalue weighted by atomic mass is 10.1. The van der Waals surface area contributed by atoms with Gasteiger partial charge in [-0.3, -0.25) is 4.79 Å². The van der Waals surface area contributed by atoms with Gasteiger partial charge in [-0.15, -0.1) is 10.2 Å². The molecule has 3 aromatic rings. The van der Waals surface area contributed by atoms with Crippen LogP contribution in [0.15, 0.2) is 46.8 Å².